The Bertz CT molecular complexity index is 1330. The Balaban J connectivity index is 1.38. The zero-order chi connectivity index (χ0) is 22.1. The van der Waals surface area contributed by atoms with Gasteiger partial charge < -0.3 is 9.47 Å². The highest BCUT2D eigenvalue weighted by molar-refractivity contribution is 7.12. The minimum absolute atomic E-state index is 0.189. The van der Waals surface area contributed by atoms with Crippen LogP contribution in [-0.4, -0.2) is 11.8 Å². The Morgan fingerprint density at radius 1 is 0.906 bits per heavy atom. The number of hydrogen-bond donors (Lipinski definition) is 0. The molecule has 32 heavy (non-hydrogen) atoms. The molecule has 0 fully saturated rings. The van der Waals surface area contributed by atoms with Gasteiger partial charge in [-0.2, -0.15) is 0 Å². The average Bonchev–Trinajstić information content (AvgIpc) is 3.47. The van der Waals surface area contributed by atoms with E-state index < -0.39 is 5.97 Å². The van der Waals surface area contributed by atoms with Crippen molar-refractivity contribution in [2.45, 2.75) is 6.92 Å². The van der Waals surface area contributed by atoms with E-state index in [9.17, 15) is 9.59 Å². The Morgan fingerprint density at radius 3 is 2.38 bits per heavy atom. The first-order valence-corrected chi connectivity index (χ1v) is 11.0. The van der Waals surface area contributed by atoms with Gasteiger partial charge >= 0.3 is 5.97 Å². The van der Waals surface area contributed by atoms with Crippen molar-refractivity contribution in [3.05, 3.63) is 112 Å². The first kappa shape index (κ1) is 20.0. The fourth-order valence-electron chi connectivity index (χ4n) is 3.58. The summed E-state index contributed by atoms with van der Waals surface area (Å²) in [6.07, 6.45) is 1.73. The molecule has 5 heteroatoms. The summed E-state index contributed by atoms with van der Waals surface area (Å²) in [5, 5.41) is 1.82. The van der Waals surface area contributed by atoms with Crippen molar-refractivity contribution >= 4 is 29.2 Å². The average molecular weight is 439 g/mol. The van der Waals surface area contributed by atoms with Gasteiger partial charge in [-0.3, -0.25) is 4.79 Å². The summed E-state index contributed by atoms with van der Waals surface area (Å²) in [4.78, 5) is 25.7. The maximum absolute atomic E-state index is 12.9. The summed E-state index contributed by atoms with van der Waals surface area (Å²) in [7, 11) is 0. The number of allylic oxidation sites excluding steroid dienone is 1. The highest BCUT2D eigenvalue weighted by atomic mass is 32.1. The number of carbonyl (C=O) groups excluding carboxylic acids is 2. The fraction of sp³-hybridized carbons (Fsp3) is 0.0370. The lowest BCUT2D eigenvalue weighted by molar-refractivity contribution is 0.0738. The topological polar surface area (TPSA) is 52.6 Å². The van der Waals surface area contributed by atoms with Crippen LogP contribution in [0.25, 0.3) is 17.2 Å². The standard InChI is InChI=1S/C27H18O4S/c1-17-22(31-27(29)24-8-5-15-32-24)14-13-21-25(28)23(30-26(17)21)16-18-9-11-20(12-10-18)19-6-3-2-4-7-19/h2-16H,1H3/b23-16-. The molecule has 5 rings (SSSR count). The van der Waals surface area contributed by atoms with Crippen molar-refractivity contribution in [2.24, 2.45) is 0 Å². The molecule has 0 unspecified atom stereocenters. The molecule has 4 aromatic rings. The van der Waals surface area contributed by atoms with E-state index in [-0.39, 0.29) is 11.5 Å². The summed E-state index contributed by atoms with van der Waals surface area (Å²) in [6, 6.07) is 24.8. The summed E-state index contributed by atoms with van der Waals surface area (Å²) in [5.74, 6) is 0.437. The number of fused-ring (bicyclic) bond motifs is 1. The first-order valence-electron chi connectivity index (χ1n) is 10.1. The molecular weight excluding hydrogens is 420 g/mol. The smallest absolute Gasteiger partial charge is 0.353 e. The molecule has 1 aliphatic rings. The number of hydrogen-bond acceptors (Lipinski definition) is 5. The molecule has 0 amide bonds. The minimum Gasteiger partial charge on any atom is -0.452 e. The number of thiophene rings is 1. The Hall–Kier alpha value is -3.96. The van der Waals surface area contributed by atoms with Gasteiger partial charge in [0.05, 0.1) is 5.56 Å². The van der Waals surface area contributed by atoms with Crippen LogP contribution in [0.1, 0.15) is 31.2 Å². The number of benzene rings is 3. The lowest BCUT2D eigenvalue weighted by Crippen LogP contribution is -2.07. The van der Waals surface area contributed by atoms with Crippen LogP contribution in [0.4, 0.5) is 0 Å². The Morgan fingerprint density at radius 2 is 1.66 bits per heavy atom. The molecule has 3 aromatic carbocycles. The fourth-order valence-corrected chi connectivity index (χ4v) is 4.18. The van der Waals surface area contributed by atoms with E-state index in [1.807, 2.05) is 47.8 Å². The molecule has 0 aliphatic carbocycles. The molecule has 0 saturated carbocycles. The number of Topliss-reactive ketones (excluding diaryl/α,β-unsaturated/α-hetero) is 1. The number of ether oxygens (including phenoxy) is 2. The monoisotopic (exact) mass is 438 g/mol. The van der Waals surface area contributed by atoms with Crippen LogP contribution < -0.4 is 9.47 Å². The maximum atomic E-state index is 12.9. The van der Waals surface area contributed by atoms with Gasteiger partial charge in [-0.05, 0) is 53.3 Å². The third kappa shape index (κ3) is 3.74. The largest absolute Gasteiger partial charge is 0.452 e. The van der Waals surface area contributed by atoms with Crippen LogP contribution in [0.5, 0.6) is 11.5 Å². The summed E-state index contributed by atoms with van der Waals surface area (Å²) < 4.78 is 11.4. The molecule has 2 heterocycles. The van der Waals surface area contributed by atoms with E-state index in [2.05, 4.69) is 12.1 Å². The third-order valence-electron chi connectivity index (χ3n) is 5.28. The number of carbonyl (C=O) groups is 2. The third-order valence-corrected chi connectivity index (χ3v) is 6.13. The van der Waals surface area contributed by atoms with Crippen molar-refractivity contribution in [3.63, 3.8) is 0 Å². The summed E-state index contributed by atoms with van der Waals surface area (Å²) in [5.41, 5.74) is 4.17. The summed E-state index contributed by atoms with van der Waals surface area (Å²) in [6.45, 7) is 1.78. The predicted octanol–water partition coefficient (Wildman–Crippen LogP) is 6.56. The van der Waals surface area contributed by atoms with Crippen LogP contribution in [0.3, 0.4) is 0 Å². The highest BCUT2D eigenvalue weighted by Gasteiger charge is 2.30. The molecule has 0 spiro atoms. The zero-order valence-corrected chi connectivity index (χ0v) is 18.0. The van der Waals surface area contributed by atoms with E-state index in [0.29, 0.717) is 27.5 Å². The normalized spacial score (nSPS) is 13.7. The molecule has 0 N–H and O–H groups in total. The van der Waals surface area contributed by atoms with E-state index in [1.54, 1.807) is 37.3 Å². The minimum atomic E-state index is -0.429. The molecular formula is C27H18O4S. The molecule has 156 valence electrons. The van der Waals surface area contributed by atoms with E-state index >= 15 is 0 Å². The van der Waals surface area contributed by atoms with Gasteiger partial charge in [-0.1, -0.05) is 60.7 Å². The van der Waals surface area contributed by atoms with Gasteiger partial charge in [-0.25, -0.2) is 4.79 Å². The second kappa shape index (κ2) is 8.29. The second-order valence-corrected chi connectivity index (χ2v) is 8.31. The van der Waals surface area contributed by atoms with Crippen molar-refractivity contribution in [1.29, 1.82) is 0 Å². The molecule has 4 nitrogen and oxygen atoms in total. The van der Waals surface area contributed by atoms with E-state index in [1.165, 1.54) is 11.3 Å². The first-order chi connectivity index (χ1) is 15.6. The molecule has 1 aromatic heterocycles. The molecule has 0 atom stereocenters. The highest BCUT2D eigenvalue weighted by Crippen LogP contribution is 2.39. The quantitative estimate of drug-likeness (QED) is 0.206. The number of ketones is 1. The van der Waals surface area contributed by atoms with Crippen LogP contribution in [0.15, 0.2) is 90.0 Å². The van der Waals surface area contributed by atoms with Crippen molar-refractivity contribution in [1.82, 2.24) is 0 Å². The summed E-state index contributed by atoms with van der Waals surface area (Å²) >= 11 is 1.31. The number of esters is 1. The van der Waals surface area contributed by atoms with E-state index in [4.69, 9.17) is 9.47 Å². The Labute approximate surface area is 189 Å². The maximum Gasteiger partial charge on any atom is 0.353 e. The van der Waals surface area contributed by atoms with Crippen LogP contribution in [-0.2, 0) is 0 Å². The van der Waals surface area contributed by atoms with Crippen molar-refractivity contribution < 1.29 is 19.1 Å². The van der Waals surface area contributed by atoms with Gasteiger partial charge in [-0.15, -0.1) is 11.3 Å². The van der Waals surface area contributed by atoms with Gasteiger partial charge in [0.2, 0.25) is 5.78 Å². The van der Waals surface area contributed by atoms with Crippen LogP contribution in [0.2, 0.25) is 0 Å². The van der Waals surface area contributed by atoms with Gasteiger partial charge in [0.25, 0.3) is 0 Å². The second-order valence-electron chi connectivity index (χ2n) is 7.36. The van der Waals surface area contributed by atoms with Crippen LogP contribution >= 0.6 is 11.3 Å². The lowest BCUT2D eigenvalue weighted by atomic mass is 10.0. The predicted molar refractivity (Wildman–Crippen MR) is 125 cm³/mol. The van der Waals surface area contributed by atoms with Gasteiger partial charge in [0.15, 0.2) is 5.76 Å². The SMILES string of the molecule is Cc1c(OC(=O)c2cccs2)ccc2c1O/C(=C\c1ccc(-c3ccccc3)cc1)C2=O. The lowest BCUT2D eigenvalue weighted by Gasteiger charge is -2.09. The van der Waals surface area contributed by atoms with E-state index in [0.717, 1.165) is 16.7 Å². The Kier molecular flexibility index (Phi) is 5.17. The van der Waals surface area contributed by atoms with Gasteiger partial charge in [0, 0.05) is 5.56 Å². The molecule has 0 radical (unpaired) electrons. The van der Waals surface area contributed by atoms with Crippen molar-refractivity contribution in [3.8, 4) is 22.6 Å². The van der Waals surface area contributed by atoms with Crippen LogP contribution in [0, 0.1) is 6.92 Å². The van der Waals surface area contributed by atoms with Crippen molar-refractivity contribution in [2.75, 3.05) is 0 Å². The molecule has 1 aliphatic heterocycles. The van der Waals surface area contributed by atoms with Gasteiger partial charge in [0.1, 0.15) is 16.4 Å². The molecule has 0 bridgehead atoms. The number of rotatable bonds is 4. The molecule has 0 saturated heterocycles. The zero-order valence-electron chi connectivity index (χ0n) is 17.2.